The van der Waals surface area contributed by atoms with Crippen LogP contribution in [0.25, 0.3) is 10.6 Å². The van der Waals surface area contributed by atoms with Crippen LogP contribution in [0.5, 0.6) is 0 Å². The molecule has 0 aliphatic carbocycles. The summed E-state index contributed by atoms with van der Waals surface area (Å²) in [4.78, 5) is 10.3. The highest BCUT2D eigenvalue weighted by atomic mass is 32.1. The van der Waals surface area contributed by atoms with Crippen LogP contribution in [0.4, 0.5) is 0 Å². The van der Waals surface area contributed by atoms with E-state index >= 15 is 0 Å². The molecule has 1 N–H and O–H groups in total. The number of rotatable bonds is 4. The van der Waals surface area contributed by atoms with Crippen molar-refractivity contribution in [1.29, 1.82) is 0 Å². The molecule has 2 aromatic rings. The standard InChI is InChI=1S/C15H21N3S/c1-5-16-10-12-13(15(2,3)4)18-14(19-12)11-6-8-17-9-7-11/h6-9,16H,5,10H2,1-4H3. The molecule has 0 amide bonds. The van der Waals surface area contributed by atoms with E-state index in [2.05, 4.69) is 38.0 Å². The second-order valence-electron chi connectivity index (χ2n) is 5.56. The fraction of sp³-hybridized carbons (Fsp3) is 0.467. The largest absolute Gasteiger partial charge is 0.312 e. The van der Waals surface area contributed by atoms with Crippen LogP contribution in [0.1, 0.15) is 38.3 Å². The predicted molar refractivity (Wildman–Crippen MR) is 81.4 cm³/mol. The summed E-state index contributed by atoms with van der Waals surface area (Å²) in [6, 6.07) is 4.03. The van der Waals surface area contributed by atoms with Crippen LogP contribution in [0.15, 0.2) is 24.5 Å². The molecule has 0 bridgehead atoms. The second-order valence-corrected chi connectivity index (χ2v) is 6.64. The molecule has 0 unspecified atom stereocenters. The highest BCUT2D eigenvalue weighted by molar-refractivity contribution is 7.15. The van der Waals surface area contributed by atoms with E-state index in [9.17, 15) is 0 Å². The SMILES string of the molecule is CCNCc1sc(-c2ccncc2)nc1C(C)(C)C. The Morgan fingerprint density at radius 1 is 1.21 bits per heavy atom. The Kier molecular flexibility index (Phi) is 4.32. The lowest BCUT2D eigenvalue weighted by Crippen LogP contribution is -2.18. The molecule has 102 valence electrons. The molecule has 2 rings (SSSR count). The van der Waals surface area contributed by atoms with E-state index in [-0.39, 0.29) is 5.41 Å². The van der Waals surface area contributed by atoms with Crippen molar-refractivity contribution in [2.24, 2.45) is 0 Å². The van der Waals surface area contributed by atoms with Crippen molar-refractivity contribution in [1.82, 2.24) is 15.3 Å². The normalized spacial score (nSPS) is 11.8. The number of nitrogens with one attached hydrogen (secondary N) is 1. The Morgan fingerprint density at radius 2 is 1.89 bits per heavy atom. The van der Waals surface area contributed by atoms with E-state index < -0.39 is 0 Å². The van der Waals surface area contributed by atoms with Crippen LogP contribution in [-0.4, -0.2) is 16.5 Å². The summed E-state index contributed by atoms with van der Waals surface area (Å²) in [6.45, 7) is 10.6. The summed E-state index contributed by atoms with van der Waals surface area (Å²) in [5.74, 6) is 0. The van der Waals surface area contributed by atoms with E-state index in [1.807, 2.05) is 24.5 Å². The lowest BCUT2D eigenvalue weighted by Gasteiger charge is -2.17. The van der Waals surface area contributed by atoms with Crippen molar-refractivity contribution in [3.63, 3.8) is 0 Å². The summed E-state index contributed by atoms with van der Waals surface area (Å²) >= 11 is 1.78. The molecule has 2 heterocycles. The first kappa shape index (κ1) is 14.2. The van der Waals surface area contributed by atoms with Crippen LogP contribution in [0, 0.1) is 0 Å². The van der Waals surface area contributed by atoms with E-state index in [4.69, 9.17) is 4.98 Å². The minimum absolute atomic E-state index is 0.0759. The maximum absolute atomic E-state index is 4.86. The minimum atomic E-state index is 0.0759. The van der Waals surface area contributed by atoms with Crippen LogP contribution in [-0.2, 0) is 12.0 Å². The van der Waals surface area contributed by atoms with Gasteiger partial charge in [-0.3, -0.25) is 4.98 Å². The first-order valence-electron chi connectivity index (χ1n) is 6.63. The zero-order valence-corrected chi connectivity index (χ0v) is 12.8. The van der Waals surface area contributed by atoms with Gasteiger partial charge in [-0.2, -0.15) is 0 Å². The number of thiazole rings is 1. The Hall–Kier alpha value is -1.26. The zero-order chi connectivity index (χ0) is 13.9. The Labute approximate surface area is 119 Å². The molecular weight excluding hydrogens is 254 g/mol. The molecule has 4 heteroatoms. The Bertz CT molecular complexity index is 526. The van der Waals surface area contributed by atoms with Crippen LogP contribution < -0.4 is 5.32 Å². The summed E-state index contributed by atoms with van der Waals surface area (Å²) in [5, 5.41) is 4.48. The molecular formula is C15H21N3S. The quantitative estimate of drug-likeness (QED) is 0.926. The number of hydrogen-bond acceptors (Lipinski definition) is 4. The van der Waals surface area contributed by atoms with Gasteiger partial charge in [0.05, 0.1) is 5.69 Å². The fourth-order valence-corrected chi connectivity index (χ4v) is 3.16. The molecule has 0 radical (unpaired) electrons. The lowest BCUT2D eigenvalue weighted by molar-refractivity contribution is 0.561. The van der Waals surface area contributed by atoms with E-state index in [1.165, 1.54) is 10.6 Å². The number of hydrogen-bond donors (Lipinski definition) is 1. The van der Waals surface area contributed by atoms with Gasteiger partial charge in [-0.15, -0.1) is 11.3 Å². The summed E-state index contributed by atoms with van der Waals surface area (Å²) in [6.07, 6.45) is 3.63. The van der Waals surface area contributed by atoms with E-state index in [1.54, 1.807) is 11.3 Å². The third-order valence-electron chi connectivity index (χ3n) is 2.87. The van der Waals surface area contributed by atoms with Gasteiger partial charge in [0.1, 0.15) is 5.01 Å². The molecule has 0 aliphatic rings. The number of nitrogens with zero attached hydrogens (tertiary/aromatic N) is 2. The van der Waals surface area contributed by atoms with Crippen LogP contribution in [0.3, 0.4) is 0 Å². The van der Waals surface area contributed by atoms with Gasteiger partial charge in [-0.25, -0.2) is 4.98 Å². The smallest absolute Gasteiger partial charge is 0.124 e. The van der Waals surface area contributed by atoms with E-state index in [0.29, 0.717) is 0 Å². The van der Waals surface area contributed by atoms with Gasteiger partial charge in [0, 0.05) is 34.8 Å². The molecule has 0 atom stereocenters. The maximum Gasteiger partial charge on any atom is 0.124 e. The van der Waals surface area contributed by atoms with Crippen molar-refractivity contribution in [3.8, 4) is 10.6 Å². The topological polar surface area (TPSA) is 37.8 Å². The summed E-state index contributed by atoms with van der Waals surface area (Å²) in [7, 11) is 0. The number of pyridine rings is 1. The first-order chi connectivity index (χ1) is 9.02. The van der Waals surface area contributed by atoms with Gasteiger partial charge in [0.25, 0.3) is 0 Å². The van der Waals surface area contributed by atoms with Gasteiger partial charge in [0.2, 0.25) is 0 Å². The maximum atomic E-state index is 4.86. The van der Waals surface area contributed by atoms with Gasteiger partial charge >= 0.3 is 0 Å². The highest BCUT2D eigenvalue weighted by Gasteiger charge is 2.23. The molecule has 0 aromatic carbocycles. The van der Waals surface area contributed by atoms with Crippen LogP contribution in [0.2, 0.25) is 0 Å². The third-order valence-corrected chi connectivity index (χ3v) is 3.98. The molecule has 2 aromatic heterocycles. The van der Waals surface area contributed by atoms with Gasteiger partial charge < -0.3 is 5.32 Å². The van der Waals surface area contributed by atoms with E-state index in [0.717, 1.165) is 23.7 Å². The van der Waals surface area contributed by atoms with Gasteiger partial charge in [-0.1, -0.05) is 27.7 Å². The molecule has 3 nitrogen and oxygen atoms in total. The molecule has 0 saturated carbocycles. The second kappa shape index (κ2) is 5.80. The molecule has 19 heavy (non-hydrogen) atoms. The minimum Gasteiger partial charge on any atom is -0.312 e. The van der Waals surface area contributed by atoms with Crippen molar-refractivity contribution >= 4 is 11.3 Å². The van der Waals surface area contributed by atoms with Crippen molar-refractivity contribution in [2.75, 3.05) is 6.54 Å². The van der Waals surface area contributed by atoms with Crippen molar-refractivity contribution in [2.45, 2.75) is 39.7 Å². The van der Waals surface area contributed by atoms with Crippen LogP contribution >= 0.6 is 11.3 Å². The van der Waals surface area contributed by atoms with Gasteiger partial charge in [0.15, 0.2) is 0 Å². The van der Waals surface area contributed by atoms with Gasteiger partial charge in [-0.05, 0) is 18.7 Å². The average Bonchev–Trinajstić information content (AvgIpc) is 2.81. The average molecular weight is 275 g/mol. The lowest BCUT2D eigenvalue weighted by atomic mass is 9.91. The van der Waals surface area contributed by atoms with Crippen molar-refractivity contribution < 1.29 is 0 Å². The first-order valence-corrected chi connectivity index (χ1v) is 7.45. The molecule has 0 aliphatic heterocycles. The molecule has 0 spiro atoms. The fourth-order valence-electron chi connectivity index (χ4n) is 1.91. The Morgan fingerprint density at radius 3 is 2.47 bits per heavy atom. The zero-order valence-electron chi connectivity index (χ0n) is 12.0. The Balaban J connectivity index is 2.40. The third kappa shape index (κ3) is 3.39. The monoisotopic (exact) mass is 275 g/mol. The summed E-state index contributed by atoms with van der Waals surface area (Å²) < 4.78 is 0. The predicted octanol–water partition coefficient (Wildman–Crippen LogP) is 3.61. The molecule has 0 fully saturated rings. The summed E-state index contributed by atoms with van der Waals surface area (Å²) in [5.41, 5.74) is 2.42. The van der Waals surface area contributed by atoms with Crippen molar-refractivity contribution in [3.05, 3.63) is 35.1 Å². The highest BCUT2D eigenvalue weighted by Crippen LogP contribution is 2.34. The molecule has 0 saturated heterocycles. The number of aromatic nitrogens is 2.